The lowest BCUT2D eigenvalue weighted by Crippen LogP contribution is -2.45. The molecular formula is C17H25FN2O3. The van der Waals surface area contributed by atoms with Gasteiger partial charge in [-0.05, 0) is 58.4 Å². The first-order valence-electron chi connectivity index (χ1n) is 7.85. The van der Waals surface area contributed by atoms with Crippen molar-refractivity contribution < 1.29 is 18.7 Å². The summed E-state index contributed by atoms with van der Waals surface area (Å²) in [6, 6.07) is 4.47. The number of carbonyl (C=O) groups excluding carboxylic acids is 1. The molecule has 1 heterocycles. The van der Waals surface area contributed by atoms with Crippen molar-refractivity contribution in [1.82, 2.24) is 10.6 Å². The zero-order valence-electron chi connectivity index (χ0n) is 14.1. The SMILES string of the molecule is COc1ccc(F)c([C@@H]2C[C@H](NC(=O)OC(C)(C)C)CCN2)c1. The molecule has 0 aromatic heterocycles. The summed E-state index contributed by atoms with van der Waals surface area (Å²) >= 11 is 0. The third kappa shape index (κ3) is 5.10. The molecule has 0 radical (unpaired) electrons. The molecule has 128 valence electrons. The third-order valence-corrected chi connectivity index (χ3v) is 3.70. The second-order valence-electron chi connectivity index (χ2n) is 6.76. The minimum absolute atomic E-state index is 0.0540. The van der Waals surface area contributed by atoms with E-state index in [9.17, 15) is 9.18 Å². The summed E-state index contributed by atoms with van der Waals surface area (Å²) in [6.45, 7) is 6.16. The Kier molecular flexibility index (Phi) is 5.46. The first-order valence-corrected chi connectivity index (χ1v) is 7.85. The standard InChI is InChI=1S/C17H25FN2O3/c1-17(2,3)23-16(21)20-11-7-8-19-15(9-11)13-10-12(22-4)5-6-14(13)18/h5-6,10-11,15,19H,7-9H2,1-4H3,(H,20,21)/t11-,15+/m1/s1. The normalized spacial score (nSPS) is 21.6. The van der Waals surface area contributed by atoms with Gasteiger partial charge < -0.3 is 20.1 Å². The maximum absolute atomic E-state index is 14.1. The second kappa shape index (κ2) is 7.17. The van der Waals surface area contributed by atoms with E-state index in [0.29, 0.717) is 24.3 Å². The van der Waals surface area contributed by atoms with Crippen molar-refractivity contribution in [1.29, 1.82) is 0 Å². The summed E-state index contributed by atoms with van der Waals surface area (Å²) in [6.07, 6.45) is 0.944. The van der Waals surface area contributed by atoms with Crippen LogP contribution in [0.1, 0.15) is 45.2 Å². The van der Waals surface area contributed by atoms with Gasteiger partial charge in [-0.3, -0.25) is 0 Å². The summed E-state index contributed by atoms with van der Waals surface area (Å²) in [5.74, 6) is 0.339. The first kappa shape index (κ1) is 17.5. The van der Waals surface area contributed by atoms with Crippen LogP contribution in [0.5, 0.6) is 5.75 Å². The Morgan fingerprint density at radius 3 is 2.78 bits per heavy atom. The van der Waals surface area contributed by atoms with Crippen LogP contribution < -0.4 is 15.4 Å². The van der Waals surface area contributed by atoms with Crippen LogP contribution in [0.2, 0.25) is 0 Å². The molecule has 0 saturated carbocycles. The van der Waals surface area contributed by atoms with Crippen LogP contribution in [0.3, 0.4) is 0 Å². The average molecular weight is 324 g/mol. The van der Waals surface area contributed by atoms with Crippen LogP contribution in [0.25, 0.3) is 0 Å². The molecule has 1 fully saturated rings. The molecule has 0 unspecified atom stereocenters. The van der Waals surface area contributed by atoms with E-state index in [-0.39, 0.29) is 17.9 Å². The minimum atomic E-state index is -0.532. The number of hydrogen-bond donors (Lipinski definition) is 2. The summed E-state index contributed by atoms with van der Waals surface area (Å²) in [5, 5.41) is 6.16. The van der Waals surface area contributed by atoms with E-state index in [0.717, 1.165) is 6.42 Å². The summed E-state index contributed by atoms with van der Waals surface area (Å²) in [4.78, 5) is 11.9. The Bertz CT molecular complexity index is 557. The summed E-state index contributed by atoms with van der Waals surface area (Å²) in [5.41, 5.74) is 0.0232. The summed E-state index contributed by atoms with van der Waals surface area (Å²) < 4.78 is 24.5. The number of nitrogens with one attached hydrogen (secondary N) is 2. The van der Waals surface area contributed by atoms with Gasteiger partial charge in [0, 0.05) is 17.6 Å². The fourth-order valence-corrected chi connectivity index (χ4v) is 2.68. The molecule has 0 spiro atoms. The van der Waals surface area contributed by atoms with Gasteiger partial charge in [0.05, 0.1) is 7.11 Å². The molecule has 5 nitrogen and oxygen atoms in total. The molecule has 1 aliphatic rings. The van der Waals surface area contributed by atoms with Crippen LogP contribution in [-0.4, -0.2) is 31.4 Å². The van der Waals surface area contributed by atoms with Crippen molar-refractivity contribution in [2.75, 3.05) is 13.7 Å². The number of piperidine rings is 1. The topological polar surface area (TPSA) is 59.6 Å². The lowest BCUT2D eigenvalue weighted by Gasteiger charge is -2.32. The Balaban J connectivity index is 2.02. The average Bonchev–Trinajstić information content (AvgIpc) is 2.46. The van der Waals surface area contributed by atoms with Crippen LogP contribution in [0.15, 0.2) is 18.2 Å². The smallest absolute Gasteiger partial charge is 0.407 e. The number of benzene rings is 1. The van der Waals surface area contributed by atoms with E-state index in [1.807, 2.05) is 20.8 Å². The zero-order valence-corrected chi connectivity index (χ0v) is 14.1. The van der Waals surface area contributed by atoms with Gasteiger partial charge in [0.25, 0.3) is 0 Å². The van der Waals surface area contributed by atoms with Crippen molar-refractivity contribution in [2.45, 2.75) is 51.3 Å². The Morgan fingerprint density at radius 1 is 1.39 bits per heavy atom. The van der Waals surface area contributed by atoms with Crippen molar-refractivity contribution in [3.8, 4) is 5.75 Å². The third-order valence-electron chi connectivity index (χ3n) is 3.70. The molecule has 0 aliphatic carbocycles. The molecule has 2 N–H and O–H groups in total. The van der Waals surface area contributed by atoms with Crippen LogP contribution in [0.4, 0.5) is 9.18 Å². The van der Waals surface area contributed by atoms with E-state index >= 15 is 0 Å². The fourth-order valence-electron chi connectivity index (χ4n) is 2.68. The Labute approximate surface area is 136 Å². The van der Waals surface area contributed by atoms with Gasteiger partial charge in [-0.15, -0.1) is 0 Å². The van der Waals surface area contributed by atoms with Crippen LogP contribution in [-0.2, 0) is 4.74 Å². The fraction of sp³-hybridized carbons (Fsp3) is 0.588. The number of carbonyl (C=O) groups is 1. The van der Waals surface area contributed by atoms with Gasteiger partial charge >= 0.3 is 6.09 Å². The molecular weight excluding hydrogens is 299 g/mol. The van der Waals surface area contributed by atoms with Gasteiger partial charge in [-0.1, -0.05) is 0 Å². The highest BCUT2D eigenvalue weighted by Gasteiger charge is 2.27. The van der Waals surface area contributed by atoms with Crippen molar-refractivity contribution in [2.24, 2.45) is 0 Å². The van der Waals surface area contributed by atoms with E-state index < -0.39 is 11.7 Å². The van der Waals surface area contributed by atoms with Crippen LogP contribution in [0, 0.1) is 5.82 Å². The molecule has 1 aromatic rings. The maximum atomic E-state index is 14.1. The lowest BCUT2D eigenvalue weighted by molar-refractivity contribution is 0.0490. The molecule has 2 atom stereocenters. The van der Waals surface area contributed by atoms with Gasteiger partial charge in [-0.2, -0.15) is 0 Å². The molecule has 1 aliphatic heterocycles. The van der Waals surface area contributed by atoms with Crippen LogP contribution >= 0.6 is 0 Å². The Hall–Kier alpha value is -1.82. The highest BCUT2D eigenvalue weighted by Crippen LogP contribution is 2.28. The van der Waals surface area contributed by atoms with Crippen molar-refractivity contribution in [3.63, 3.8) is 0 Å². The van der Waals surface area contributed by atoms with Crippen molar-refractivity contribution in [3.05, 3.63) is 29.6 Å². The predicted molar refractivity (Wildman–Crippen MR) is 86.1 cm³/mol. The highest BCUT2D eigenvalue weighted by molar-refractivity contribution is 5.68. The van der Waals surface area contributed by atoms with E-state index in [2.05, 4.69) is 10.6 Å². The van der Waals surface area contributed by atoms with E-state index in [1.165, 1.54) is 6.07 Å². The molecule has 1 aromatic carbocycles. The summed E-state index contributed by atoms with van der Waals surface area (Å²) in [7, 11) is 1.55. The number of rotatable bonds is 3. The van der Waals surface area contributed by atoms with Crippen molar-refractivity contribution >= 4 is 6.09 Å². The number of ether oxygens (including phenoxy) is 2. The monoisotopic (exact) mass is 324 g/mol. The number of halogens is 1. The molecule has 0 bridgehead atoms. The largest absolute Gasteiger partial charge is 0.497 e. The predicted octanol–water partition coefficient (Wildman–Crippen LogP) is 3.15. The number of alkyl carbamates (subject to hydrolysis) is 1. The first-order chi connectivity index (χ1) is 10.8. The quantitative estimate of drug-likeness (QED) is 0.897. The molecule has 23 heavy (non-hydrogen) atoms. The number of methoxy groups -OCH3 is 1. The number of hydrogen-bond acceptors (Lipinski definition) is 4. The lowest BCUT2D eigenvalue weighted by atomic mass is 9.93. The number of amides is 1. The second-order valence-corrected chi connectivity index (χ2v) is 6.76. The highest BCUT2D eigenvalue weighted by atomic mass is 19.1. The van der Waals surface area contributed by atoms with Gasteiger partial charge in [0.1, 0.15) is 17.2 Å². The molecule has 6 heteroatoms. The van der Waals surface area contributed by atoms with Gasteiger partial charge in [0.15, 0.2) is 0 Å². The minimum Gasteiger partial charge on any atom is -0.497 e. The van der Waals surface area contributed by atoms with Gasteiger partial charge in [0.2, 0.25) is 0 Å². The van der Waals surface area contributed by atoms with E-state index in [4.69, 9.17) is 9.47 Å². The molecule has 1 amide bonds. The Morgan fingerprint density at radius 2 is 2.13 bits per heavy atom. The molecule has 2 rings (SSSR count). The maximum Gasteiger partial charge on any atom is 0.407 e. The van der Waals surface area contributed by atoms with E-state index in [1.54, 1.807) is 19.2 Å². The van der Waals surface area contributed by atoms with Gasteiger partial charge in [-0.25, -0.2) is 9.18 Å². The zero-order chi connectivity index (χ0) is 17.0. The molecule has 1 saturated heterocycles.